The fourth-order valence-electron chi connectivity index (χ4n) is 1.87. The minimum absolute atomic E-state index is 0.00725. The highest BCUT2D eigenvalue weighted by Gasteiger charge is 2.33. The van der Waals surface area contributed by atoms with Crippen molar-refractivity contribution in [2.24, 2.45) is 0 Å². The van der Waals surface area contributed by atoms with Crippen LogP contribution in [0.3, 0.4) is 0 Å². The maximum atomic E-state index is 12.4. The van der Waals surface area contributed by atoms with Gasteiger partial charge >= 0.3 is 5.97 Å². The van der Waals surface area contributed by atoms with Crippen LogP contribution in [0, 0.1) is 0 Å². The summed E-state index contributed by atoms with van der Waals surface area (Å²) in [6.45, 7) is 0.548. The van der Waals surface area contributed by atoms with E-state index in [2.05, 4.69) is 15.9 Å². The number of carbonyl (C=O) groups excluding carboxylic acids is 1. The fraction of sp³-hybridized carbons (Fsp3) is 0.333. The first-order valence-corrected chi connectivity index (χ1v) is 6.74. The topological polar surface area (TPSA) is 66.8 Å². The van der Waals surface area contributed by atoms with Gasteiger partial charge in [0.1, 0.15) is 0 Å². The van der Waals surface area contributed by atoms with Crippen molar-refractivity contribution in [3.63, 3.8) is 0 Å². The summed E-state index contributed by atoms with van der Waals surface area (Å²) >= 11 is 9.25. The molecule has 2 rings (SSSR count). The molecule has 1 aliphatic rings. The van der Waals surface area contributed by atoms with Gasteiger partial charge in [0.2, 0.25) is 0 Å². The van der Waals surface area contributed by atoms with E-state index in [0.29, 0.717) is 16.1 Å². The minimum atomic E-state index is -1.08. The predicted molar refractivity (Wildman–Crippen MR) is 72.4 cm³/mol. The van der Waals surface area contributed by atoms with Crippen molar-refractivity contribution >= 4 is 39.4 Å². The van der Waals surface area contributed by atoms with E-state index in [1.54, 1.807) is 18.2 Å². The van der Waals surface area contributed by atoms with Gasteiger partial charge in [-0.25, -0.2) is 4.79 Å². The van der Waals surface area contributed by atoms with Gasteiger partial charge in [-0.05, 0) is 18.2 Å². The standard InChI is InChI=1S/C12H11BrClNO4/c13-7-1-2-9(14)8(5-7)11(16)15-3-4-19-6-10(15)12(17)18/h1-2,5,10H,3-4,6H2,(H,17,18). The largest absolute Gasteiger partial charge is 0.480 e. The summed E-state index contributed by atoms with van der Waals surface area (Å²) < 4.78 is 5.81. The number of amides is 1. The molecular formula is C12H11BrClNO4. The predicted octanol–water partition coefficient (Wildman–Crippen LogP) is 2.03. The lowest BCUT2D eigenvalue weighted by Crippen LogP contribution is -2.52. The lowest BCUT2D eigenvalue weighted by molar-refractivity contribution is -0.147. The lowest BCUT2D eigenvalue weighted by Gasteiger charge is -2.33. The van der Waals surface area contributed by atoms with E-state index in [9.17, 15) is 9.59 Å². The van der Waals surface area contributed by atoms with Gasteiger partial charge in [-0.3, -0.25) is 4.79 Å². The third-order valence-electron chi connectivity index (χ3n) is 2.83. The van der Waals surface area contributed by atoms with Crippen LogP contribution < -0.4 is 0 Å². The van der Waals surface area contributed by atoms with Crippen molar-refractivity contribution in [3.8, 4) is 0 Å². The Labute approximate surface area is 123 Å². The number of carbonyl (C=O) groups is 2. The van der Waals surface area contributed by atoms with Gasteiger partial charge in [-0.2, -0.15) is 0 Å². The van der Waals surface area contributed by atoms with Crippen LogP contribution in [0.1, 0.15) is 10.4 Å². The van der Waals surface area contributed by atoms with Crippen LogP contribution in [0.2, 0.25) is 5.02 Å². The molecule has 1 fully saturated rings. The quantitative estimate of drug-likeness (QED) is 0.888. The minimum Gasteiger partial charge on any atom is -0.480 e. The van der Waals surface area contributed by atoms with Crippen molar-refractivity contribution < 1.29 is 19.4 Å². The Hall–Kier alpha value is -1.11. The highest BCUT2D eigenvalue weighted by molar-refractivity contribution is 9.10. The fourth-order valence-corrected chi connectivity index (χ4v) is 2.43. The van der Waals surface area contributed by atoms with Crippen LogP contribution in [0.25, 0.3) is 0 Å². The van der Waals surface area contributed by atoms with Crippen LogP contribution in [-0.4, -0.2) is 47.7 Å². The van der Waals surface area contributed by atoms with Gasteiger partial charge in [0.25, 0.3) is 5.91 Å². The van der Waals surface area contributed by atoms with Crippen LogP contribution in [0.15, 0.2) is 22.7 Å². The molecule has 102 valence electrons. The number of ether oxygens (including phenoxy) is 1. The number of nitrogens with zero attached hydrogens (tertiary/aromatic N) is 1. The molecule has 1 aromatic rings. The molecule has 1 aliphatic heterocycles. The summed E-state index contributed by atoms with van der Waals surface area (Å²) in [7, 11) is 0. The van der Waals surface area contributed by atoms with E-state index < -0.39 is 17.9 Å². The molecule has 0 spiro atoms. The summed E-state index contributed by atoms with van der Waals surface area (Å²) in [5.41, 5.74) is 0.282. The second-order valence-electron chi connectivity index (χ2n) is 4.05. The summed E-state index contributed by atoms with van der Waals surface area (Å²) in [6, 6.07) is 3.91. The molecule has 5 nitrogen and oxygen atoms in total. The van der Waals surface area contributed by atoms with Gasteiger partial charge in [-0.15, -0.1) is 0 Å². The first-order chi connectivity index (χ1) is 9.00. The number of carboxylic acids is 1. The van der Waals surface area contributed by atoms with Crippen molar-refractivity contribution in [1.29, 1.82) is 0 Å². The van der Waals surface area contributed by atoms with Gasteiger partial charge < -0.3 is 14.7 Å². The Morgan fingerprint density at radius 3 is 2.89 bits per heavy atom. The average molecular weight is 349 g/mol. The highest BCUT2D eigenvalue weighted by atomic mass is 79.9. The van der Waals surface area contributed by atoms with Gasteiger partial charge in [0, 0.05) is 11.0 Å². The third kappa shape index (κ3) is 3.08. The molecule has 19 heavy (non-hydrogen) atoms. The summed E-state index contributed by atoms with van der Waals surface area (Å²) in [5.74, 6) is -1.49. The van der Waals surface area contributed by atoms with Crippen LogP contribution >= 0.6 is 27.5 Å². The van der Waals surface area contributed by atoms with Crippen molar-refractivity contribution in [2.75, 3.05) is 19.8 Å². The second kappa shape index (κ2) is 5.90. The number of morpholine rings is 1. The molecule has 0 bridgehead atoms. The molecule has 0 radical (unpaired) electrons. The number of halogens is 2. The molecule has 1 aromatic carbocycles. The van der Waals surface area contributed by atoms with Crippen LogP contribution in [0.5, 0.6) is 0 Å². The lowest BCUT2D eigenvalue weighted by atomic mass is 10.1. The van der Waals surface area contributed by atoms with E-state index >= 15 is 0 Å². The highest BCUT2D eigenvalue weighted by Crippen LogP contribution is 2.24. The summed E-state index contributed by atoms with van der Waals surface area (Å²) in [6.07, 6.45) is 0. The van der Waals surface area contributed by atoms with E-state index in [1.165, 1.54) is 4.90 Å². The maximum absolute atomic E-state index is 12.4. The van der Waals surface area contributed by atoms with E-state index in [4.69, 9.17) is 21.4 Å². The molecule has 1 saturated heterocycles. The van der Waals surface area contributed by atoms with Crippen molar-refractivity contribution in [1.82, 2.24) is 4.90 Å². The molecular weight excluding hydrogens is 337 g/mol. The molecule has 0 aliphatic carbocycles. The second-order valence-corrected chi connectivity index (χ2v) is 5.37. The number of benzene rings is 1. The monoisotopic (exact) mass is 347 g/mol. The third-order valence-corrected chi connectivity index (χ3v) is 3.66. The first kappa shape index (κ1) is 14.3. The van der Waals surface area contributed by atoms with Gasteiger partial charge in [0.05, 0.1) is 23.8 Å². The van der Waals surface area contributed by atoms with Crippen molar-refractivity contribution in [2.45, 2.75) is 6.04 Å². The molecule has 1 N–H and O–H groups in total. The smallest absolute Gasteiger partial charge is 0.328 e. The Balaban J connectivity index is 2.31. The normalized spacial score (nSPS) is 19.3. The number of hydrogen-bond donors (Lipinski definition) is 1. The molecule has 1 heterocycles. The molecule has 1 amide bonds. The molecule has 0 saturated carbocycles. The van der Waals surface area contributed by atoms with E-state index in [-0.39, 0.29) is 18.7 Å². The first-order valence-electron chi connectivity index (χ1n) is 5.57. The Morgan fingerprint density at radius 2 is 2.21 bits per heavy atom. The zero-order valence-corrected chi connectivity index (χ0v) is 12.1. The van der Waals surface area contributed by atoms with Crippen LogP contribution in [-0.2, 0) is 9.53 Å². The van der Waals surface area contributed by atoms with Crippen molar-refractivity contribution in [3.05, 3.63) is 33.3 Å². The Morgan fingerprint density at radius 1 is 1.47 bits per heavy atom. The zero-order valence-electron chi connectivity index (χ0n) is 9.81. The maximum Gasteiger partial charge on any atom is 0.328 e. The average Bonchev–Trinajstić information content (AvgIpc) is 2.40. The molecule has 0 aromatic heterocycles. The molecule has 7 heteroatoms. The van der Waals surface area contributed by atoms with Gasteiger partial charge in [-0.1, -0.05) is 27.5 Å². The zero-order chi connectivity index (χ0) is 14.0. The molecule has 1 unspecified atom stereocenters. The molecule has 1 atom stereocenters. The Kier molecular flexibility index (Phi) is 4.44. The van der Waals surface area contributed by atoms with Crippen LogP contribution in [0.4, 0.5) is 0 Å². The van der Waals surface area contributed by atoms with Gasteiger partial charge in [0.15, 0.2) is 6.04 Å². The number of rotatable bonds is 2. The SMILES string of the molecule is O=C(O)C1COCCN1C(=O)c1cc(Br)ccc1Cl. The number of hydrogen-bond acceptors (Lipinski definition) is 3. The summed E-state index contributed by atoms with van der Waals surface area (Å²) in [4.78, 5) is 24.8. The number of aliphatic carboxylic acids is 1. The van der Waals surface area contributed by atoms with E-state index in [1.807, 2.05) is 0 Å². The summed E-state index contributed by atoms with van der Waals surface area (Å²) in [5, 5.41) is 9.41. The number of carboxylic acid groups (broad SMARTS) is 1. The van der Waals surface area contributed by atoms with E-state index in [0.717, 1.165) is 0 Å². The Bertz CT molecular complexity index is 522.